The van der Waals surface area contributed by atoms with Gasteiger partial charge in [0.1, 0.15) is 5.60 Å². The van der Waals surface area contributed by atoms with Crippen LogP contribution in [0.2, 0.25) is 0 Å². The Hall–Kier alpha value is -1.46. The van der Waals surface area contributed by atoms with Crippen molar-refractivity contribution in [3.8, 4) is 0 Å². The largest absolute Gasteiger partial charge is 0.444 e. The van der Waals surface area contributed by atoms with Crippen molar-refractivity contribution in [3.63, 3.8) is 0 Å². The first kappa shape index (κ1) is 17.4. The van der Waals surface area contributed by atoms with E-state index in [4.69, 9.17) is 4.74 Å². The van der Waals surface area contributed by atoms with Gasteiger partial charge in [-0.2, -0.15) is 0 Å². The van der Waals surface area contributed by atoms with Crippen LogP contribution in [0.15, 0.2) is 4.99 Å². The van der Waals surface area contributed by atoms with E-state index < -0.39 is 5.60 Å². The van der Waals surface area contributed by atoms with Crippen molar-refractivity contribution in [2.24, 2.45) is 16.3 Å². The highest BCUT2D eigenvalue weighted by Gasteiger charge is 2.53. The molecule has 3 aliphatic rings. The van der Waals surface area contributed by atoms with Crippen molar-refractivity contribution in [2.75, 3.05) is 26.7 Å². The third-order valence-electron chi connectivity index (χ3n) is 5.35. The van der Waals surface area contributed by atoms with Crippen molar-refractivity contribution in [1.29, 1.82) is 0 Å². The lowest BCUT2D eigenvalue weighted by atomic mass is 10.0. The van der Waals surface area contributed by atoms with Crippen LogP contribution in [0.4, 0.5) is 4.79 Å². The second-order valence-electron chi connectivity index (χ2n) is 8.62. The fourth-order valence-electron chi connectivity index (χ4n) is 3.72. The first-order valence-electron chi connectivity index (χ1n) is 9.26. The lowest BCUT2D eigenvalue weighted by molar-refractivity contribution is 0.0507. The SMILES string of the molecule is CN=C(NCC1(C2CC2)CC1)N1CC[C@@H](NC(=O)OC(C)(C)C)C1. The highest BCUT2D eigenvalue weighted by Crippen LogP contribution is 2.60. The maximum absolute atomic E-state index is 11.9. The molecule has 0 aromatic carbocycles. The summed E-state index contributed by atoms with van der Waals surface area (Å²) in [6, 6.07) is 0.122. The predicted octanol–water partition coefficient (Wildman–Crippen LogP) is 2.35. The zero-order valence-electron chi connectivity index (χ0n) is 15.5. The van der Waals surface area contributed by atoms with Crippen LogP contribution in [0.25, 0.3) is 0 Å². The van der Waals surface area contributed by atoms with Crippen molar-refractivity contribution in [1.82, 2.24) is 15.5 Å². The fourth-order valence-corrected chi connectivity index (χ4v) is 3.72. The van der Waals surface area contributed by atoms with E-state index in [2.05, 4.69) is 20.5 Å². The maximum Gasteiger partial charge on any atom is 0.407 e. The minimum absolute atomic E-state index is 0.122. The third kappa shape index (κ3) is 4.33. The van der Waals surface area contributed by atoms with Crippen LogP contribution < -0.4 is 10.6 Å². The van der Waals surface area contributed by atoms with Gasteiger partial charge in [-0.25, -0.2) is 4.79 Å². The molecule has 3 fully saturated rings. The fraction of sp³-hybridized carbons (Fsp3) is 0.889. The molecule has 1 saturated heterocycles. The summed E-state index contributed by atoms with van der Waals surface area (Å²) in [6.07, 6.45) is 6.14. The number of carbonyl (C=O) groups excluding carboxylic acids is 1. The molecule has 1 atom stereocenters. The number of rotatable bonds is 4. The second kappa shape index (κ2) is 6.45. The van der Waals surface area contributed by atoms with Gasteiger partial charge in [0.2, 0.25) is 0 Å². The standard InChI is InChI=1S/C18H32N4O2/c1-17(2,3)24-16(23)21-14-7-10-22(11-14)15(19-4)20-12-18(8-9-18)13-5-6-13/h13-14H,5-12H2,1-4H3,(H,19,20)(H,21,23)/t14-/m1/s1. The average molecular weight is 336 g/mol. The van der Waals surface area contributed by atoms with Gasteiger partial charge in [-0.1, -0.05) is 0 Å². The van der Waals surface area contributed by atoms with Crippen LogP contribution in [-0.4, -0.2) is 55.3 Å². The number of nitrogens with zero attached hydrogens (tertiary/aromatic N) is 2. The van der Waals surface area contributed by atoms with Crippen molar-refractivity contribution < 1.29 is 9.53 Å². The Morgan fingerprint density at radius 2 is 2.00 bits per heavy atom. The molecule has 1 aliphatic heterocycles. The maximum atomic E-state index is 11.9. The van der Waals surface area contributed by atoms with E-state index in [1.54, 1.807) is 0 Å². The number of aliphatic imine (C=N–C) groups is 1. The van der Waals surface area contributed by atoms with E-state index >= 15 is 0 Å². The Morgan fingerprint density at radius 3 is 2.54 bits per heavy atom. The predicted molar refractivity (Wildman–Crippen MR) is 95.1 cm³/mol. The summed E-state index contributed by atoms with van der Waals surface area (Å²) in [6.45, 7) is 8.39. The Morgan fingerprint density at radius 1 is 1.29 bits per heavy atom. The van der Waals surface area contributed by atoms with E-state index in [0.717, 1.165) is 37.9 Å². The first-order chi connectivity index (χ1) is 11.3. The number of ether oxygens (including phenoxy) is 1. The van der Waals surface area contributed by atoms with Gasteiger partial charge in [0.05, 0.1) is 6.04 Å². The van der Waals surface area contributed by atoms with E-state index in [-0.39, 0.29) is 12.1 Å². The van der Waals surface area contributed by atoms with Gasteiger partial charge in [-0.05, 0) is 64.2 Å². The molecule has 0 unspecified atom stereocenters. The van der Waals surface area contributed by atoms with Crippen LogP contribution >= 0.6 is 0 Å². The highest BCUT2D eigenvalue weighted by molar-refractivity contribution is 5.80. The topological polar surface area (TPSA) is 66.0 Å². The molecule has 1 heterocycles. The number of likely N-dealkylation sites (tertiary alicyclic amines) is 1. The molecular weight excluding hydrogens is 304 g/mol. The van der Waals surface area contributed by atoms with E-state index in [1.165, 1.54) is 25.7 Å². The molecule has 0 radical (unpaired) electrons. The van der Waals surface area contributed by atoms with E-state index in [1.807, 2.05) is 27.8 Å². The van der Waals surface area contributed by atoms with Gasteiger partial charge in [-0.15, -0.1) is 0 Å². The quantitative estimate of drug-likeness (QED) is 0.611. The number of nitrogens with one attached hydrogen (secondary N) is 2. The summed E-state index contributed by atoms with van der Waals surface area (Å²) in [5, 5.41) is 6.55. The Labute approximate surface area is 145 Å². The molecule has 1 amide bonds. The number of guanidine groups is 1. The van der Waals surface area contributed by atoms with Crippen molar-refractivity contribution >= 4 is 12.1 Å². The van der Waals surface area contributed by atoms with Gasteiger partial charge in [0.15, 0.2) is 5.96 Å². The van der Waals surface area contributed by atoms with Gasteiger partial charge < -0.3 is 20.3 Å². The summed E-state index contributed by atoms with van der Waals surface area (Å²) in [7, 11) is 1.84. The Balaban J connectivity index is 1.44. The van der Waals surface area contributed by atoms with Crippen molar-refractivity contribution in [2.45, 2.75) is 64.5 Å². The smallest absolute Gasteiger partial charge is 0.407 e. The normalized spacial score (nSPS) is 26.2. The average Bonchev–Trinajstić information content (AvgIpc) is 3.37. The molecule has 0 aromatic rings. The van der Waals surface area contributed by atoms with Gasteiger partial charge in [0, 0.05) is 26.7 Å². The molecule has 0 aromatic heterocycles. The number of hydrogen-bond acceptors (Lipinski definition) is 3. The zero-order chi connectivity index (χ0) is 17.4. The number of alkyl carbamates (subject to hydrolysis) is 1. The van der Waals surface area contributed by atoms with Crippen LogP contribution in [-0.2, 0) is 4.74 Å². The molecule has 2 N–H and O–H groups in total. The minimum atomic E-state index is -0.457. The molecule has 3 rings (SSSR count). The summed E-state index contributed by atoms with van der Waals surface area (Å²) < 4.78 is 5.34. The highest BCUT2D eigenvalue weighted by atomic mass is 16.6. The lowest BCUT2D eigenvalue weighted by Crippen LogP contribution is -2.45. The summed E-state index contributed by atoms with van der Waals surface area (Å²) in [4.78, 5) is 18.6. The lowest BCUT2D eigenvalue weighted by Gasteiger charge is -2.25. The Bertz CT molecular complexity index is 504. The van der Waals surface area contributed by atoms with Gasteiger partial charge in [-0.3, -0.25) is 4.99 Å². The van der Waals surface area contributed by atoms with Crippen LogP contribution in [0.1, 0.15) is 52.9 Å². The zero-order valence-corrected chi connectivity index (χ0v) is 15.5. The monoisotopic (exact) mass is 336 g/mol. The van der Waals surface area contributed by atoms with Crippen LogP contribution in [0.5, 0.6) is 0 Å². The number of hydrogen-bond donors (Lipinski definition) is 2. The molecular formula is C18H32N4O2. The molecule has 6 nitrogen and oxygen atoms in total. The second-order valence-corrected chi connectivity index (χ2v) is 8.62. The van der Waals surface area contributed by atoms with E-state index in [9.17, 15) is 4.79 Å². The van der Waals surface area contributed by atoms with Crippen LogP contribution in [0, 0.1) is 11.3 Å². The molecule has 24 heavy (non-hydrogen) atoms. The van der Waals surface area contributed by atoms with Crippen molar-refractivity contribution in [3.05, 3.63) is 0 Å². The van der Waals surface area contributed by atoms with Gasteiger partial charge in [0.25, 0.3) is 0 Å². The minimum Gasteiger partial charge on any atom is -0.444 e. The number of carbonyl (C=O) groups is 1. The molecule has 136 valence electrons. The first-order valence-corrected chi connectivity index (χ1v) is 9.26. The third-order valence-corrected chi connectivity index (χ3v) is 5.35. The van der Waals surface area contributed by atoms with Gasteiger partial charge >= 0.3 is 6.09 Å². The molecule has 6 heteroatoms. The summed E-state index contributed by atoms with van der Waals surface area (Å²) >= 11 is 0. The molecule has 2 aliphatic carbocycles. The summed E-state index contributed by atoms with van der Waals surface area (Å²) in [5.41, 5.74) is 0.102. The number of amides is 1. The van der Waals surface area contributed by atoms with E-state index in [0.29, 0.717) is 5.41 Å². The molecule has 2 saturated carbocycles. The molecule has 0 spiro atoms. The summed E-state index contributed by atoms with van der Waals surface area (Å²) in [5.74, 6) is 1.92. The molecule has 0 bridgehead atoms. The Kier molecular flexibility index (Phi) is 4.67. The van der Waals surface area contributed by atoms with Crippen LogP contribution in [0.3, 0.4) is 0 Å².